The molecule has 0 saturated carbocycles. The van der Waals surface area contributed by atoms with Crippen LogP contribution in [0.1, 0.15) is 32.0 Å². The van der Waals surface area contributed by atoms with Crippen LogP contribution in [0.5, 0.6) is 0 Å². The highest BCUT2D eigenvalue weighted by Crippen LogP contribution is 2.21. The fraction of sp³-hybridized carbons (Fsp3) is 0.824. The predicted molar refractivity (Wildman–Crippen MR) is 95.0 cm³/mol. The van der Waals surface area contributed by atoms with Crippen LogP contribution in [-0.2, 0) is 18.3 Å². The summed E-state index contributed by atoms with van der Waals surface area (Å²) in [6.07, 6.45) is 0.643. The number of nitrogens with zero attached hydrogens (tertiary/aromatic N) is 4. The van der Waals surface area contributed by atoms with Gasteiger partial charge in [-0.1, -0.05) is 0 Å². The van der Waals surface area contributed by atoms with E-state index in [0.717, 1.165) is 31.9 Å². The van der Waals surface area contributed by atoms with Crippen LogP contribution in [0.25, 0.3) is 0 Å². The Balaban J connectivity index is 1.90. The third-order valence-corrected chi connectivity index (χ3v) is 4.55. The highest BCUT2D eigenvalue weighted by atomic mass is 16.5. The quantitative estimate of drug-likeness (QED) is 0.857. The number of rotatable bonds is 6. The van der Waals surface area contributed by atoms with Gasteiger partial charge in [-0.15, -0.1) is 0 Å². The second-order valence-electron chi connectivity index (χ2n) is 7.10. The van der Waals surface area contributed by atoms with E-state index in [1.807, 2.05) is 11.7 Å². The van der Waals surface area contributed by atoms with Crippen LogP contribution >= 0.6 is 0 Å². The van der Waals surface area contributed by atoms with Crippen LogP contribution in [0.15, 0.2) is 0 Å². The molecule has 0 aromatic carbocycles. The lowest BCUT2D eigenvalue weighted by atomic mass is 10.1. The van der Waals surface area contributed by atoms with Crippen LogP contribution in [-0.4, -0.2) is 66.7 Å². The van der Waals surface area contributed by atoms with Crippen LogP contribution < -0.4 is 10.2 Å². The van der Waals surface area contributed by atoms with E-state index in [4.69, 9.17) is 4.74 Å². The Morgan fingerprint density at radius 1 is 1.30 bits per heavy atom. The molecule has 6 heteroatoms. The Morgan fingerprint density at radius 2 is 1.91 bits per heavy atom. The molecule has 1 N–H and O–H groups in total. The van der Waals surface area contributed by atoms with Crippen molar-refractivity contribution < 1.29 is 4.74 Å². The van der Waals surface area contributed by atoms with Crippen molar-refractivity contribution in [1.29, 1.82) is 0 Å². The Bertz CT molecular complexity index is 503. The minimum Gasteiger partial charge on any atom is -0.373 e. The maximum atomic E-state index is 5.82. The summed E-state index contributed by atoms with van der Waals surface area (Å²) in [4.78, 5) is 4.65. The summed E-state index contributed by atoms with van der Waals surface area (Å²) in [5.74, 6) is 1.18. The minimum atomic E-state index is 0.321. The molecule has 0 spiro atoms. The first-order valence-electron chi connectivity index (χ1n) is 8.59. The van der Waals surface area contributed by atoms with Crippen molar-refractivity contribution in [2.75, 3.05) is 38.6 Å². The van der Waals surface area contributed by atoms with Crippen molar-refractivity contribution in [3.05, 3.63) is 11.3 Å². The average Bonchev–Trinajstić information content (AvgIpc) is 2.72. The van der Waals surface area contributed by atoms with E-state index >= 15 is 0 Å². The van der Waals surface area contributed by atoms with E-state index in [-0.39, 0.29) is 0 Å². The van der Waals surface area contributed by atoms with Gasteiger partial charge in [-0.25, -0.2) is 0 Å². The summed E-state index contributed by atoms with van der Waals surface area (Å²) in [5, 5.41) is 8.16. The molecular weight excluding hydrogens is 290 g/mol. The van der Waals surface area contributed by atoms with Crippen molar-refractivity contribution >= 4 is 5.82 Å². The van der Waals surface area contributed by atoms with Gasteiger partial charge in [0, 0.05) is 58.9 Å². The monoisotopic (exact) mass is 323 g/mol. The lowest BCUT2D eigenvalue weighted by Gasteiger charge is -2.39. The van der Waals surface area contributed by atoms with E-state index in [2.05, 4.69) is 62.0 Å². The highest BCUT2D eigenvalue weighted by molar-refractivity contribution is 5.48. The zero-order valence-electron chi connectivity index (χ0n) is 15.8. The fourth-order valence-corrected chi connectivity index (χ4v) is 3.57. The molecule has 0 bridgehead atoms. The third-order valence-electron chi connectivity index (χ3n) is 4.55. The molecule has 0 aliphatic carbocycles. The summed E-state index contributed by atoms with van der Waals surface area (Å²) in [6.45, 7) is 12.5. The molecule has 23 heavy (non-hydrogen) atoms. The number of aromatic nitrogens is 2. The summed E-state index contributed by atoms with van der Waals surface area (Å²) < 4.78 is 7.78. The first-order valence-corrected chi connectivity index (χ1v) is 8.59. The van der Waals surface area contributed by atoms with Crippen molar-refractivity contribution in [2.45, 2.75) is 52.5 Å². The second kappa shape index (κ2) is 7.64. The van der Waals surface area contributed by atoms with Crippen molar-refractivity contribution in [3.8, 4) is 0 Å². The van der Waals surface area contributed by atoms with Gasteiger partial charge in [0.15, 0.2) is 0 Å². The largest absolute Gasteiger partial charge is 0.373 e. The standard InChI is InChI=1S/C17H33N5O/c1-12(22-10-13(2)23-14(3)11-22)8-18-9-16-15(4)19-21(7)17(16)20(5)6/h12-14,18H,8-11H2,1-7H3. The highest BCUT2D eigenvalue weighted by Gasteiger charge is 2.25. The van der Waals surface area contributed by atoms with Gasteiger partial charge in [-0.05, 0) is 27.7 Å². The van der Waals surface area contributed by atoms with Crippen LogP contribution in [0.4, 0.5) is 5.82 Å². The number of ether oxygens (including phenoxy) is 1. The number of aryl methyl sites for hydroxylation is 2. The Labute approximate surface area is 140 Å². The maximum absolute atomic E-state index is 5.82. The van der Waals surface area contributed by atoms with E-state index in [1.165, 1.54) is 11.4 Å². The Morgan fingerprint density at radius 3 is 2.48 bits per heavy atom. The van der Waals surface area contributed by atoms with Gasteiger partial charge in [0.2, 0.25) is 0 Å². The molecule has 132 valence electrons. The minimum absolute atomic E-state index is 0.321. The van der Waals surface area contributed by atoms with Gasteiger partial charge >= 0.3 is 0 Å². The van der Waals surface area contributed by atoms with Crippen LogP contribution in [0.3, 0.4) is 0 Å². The lowest BCUT2D eigenvalue weighted by Crippen LogP contribution is -2.51. The average molecular weight is 323 g/mol. The molecule has 3 unspecified atom stereocenters. The molecule has 1 aliphatic rings. The number of nitrogens with one attached hydrogen (secondary N) is 1. The first kappa shape index (κ1) is 18.2. The SMILES string of the molecule is Cc1nn(C)c(N(C)C)c1CNCC(C)N1CC(C)OC(C)C1. The molecule has 1 aromatic rings. The molecule has 1 saturated heterocycles. The molecule has 3 atom stereocenters. The number of hydrogen-bond acceptors (Lipinski definition) is 5. The molecule has 1 aliphatic heterocycles. The van der Waals surface area contributed by atoms with Crippen LogP contribution in [0, 0.1) is 6.92 Å². The summed E-state index contributed by atoms with van der Waals surface area (Å²) in [5.41, 5.74) is 2.39. The third kappa shape index (κ3) is 4.46. The molecule has 1 fully saturated rings. The predicted octanol–water partition coefficient (Wildman–Crippen LogP) is 1.38. The van der Waals surface area contributed by atoms with Gasteiger partial charge in [0.1, 0.15) is 5.82 Å². The number of anilines is 1. The summed E-state index contributed by atoms with van der Waals surface area (Å²) >= 11 is 0. The first-order chi connectivity index (χ1) is 10.8. The van der Waals surface area contributed by atoms with Gasteiger partial charge in [-0.3, -0.25) is 9.58 Å². The van der Waals surface area contributed by atoms with E-state index in [1.54, 1.807) is 0 Å². The molecule has 2 rings (SSSR count). The zero-order valence-corrected chi connectivity index (χ0v) is 15.8. The Hall–Kier alpha value is -1.11. The number of hydrogen-bond donors (Lipinski definition) is 1. The normalized spacial score (nSPS) is 24.0. The molecule has 6 nitrogen and oxygen atoms in total. The molecule has 0 amide bonds. The molecule has 2 heterocycles. The summed E-state index contributed by atoms with van der Waals surface area (Å²) in [6, 6.07) is 0.503. The van der Waals surface area contributed by atoms with Crippen molar-refractivity contribution in [1.82, 2.24) is 20.0 Å². The lowest BCUT2D eigenvalue weighted by molar-refractivity contribution is -0.0781. The van der Waals surface area contributed by atoms with Crippen LogP contribution in [0.2, 0.25) is 0 Å². The molecule has 0 radical (unpaired) electrons. The van der Waals surface area contributed by atoms with Crippen molar-refractivity contribution in [3.63, 3.8) is 0 Å². The van der Waals surface area contributed by atoms with E-state index in [0.29, 0.717) is 18.2 Å². The van der Waals surface area contributed by atoms with E-state index < -0.39 is 0 Å². The zero-order chi connectivity index (χ0) is 17.1. The smallest absolute Gasteiger partial charge is 0.130 e. The van der Waals surface area contributed by atoms with Gasteiger partial charge < -0.3 is 15.0 Å². The molecular formula is C17H33N5O. The maximum Gasteiger partial charge on any atom is 0.130 e. The topological polar surface area (TPSA) is 45.6 Å². The van der Waals surface area contributed by atoms with E-state index in [9.17, 15) is 0 Å². The molecule has 1 aromatic heterocycles. The summed E-state index contributed by atoms with van der Waals surface area (Å²) in [7, 11) is 6.14. The van der Waals surface area contributed by atoms with Gasteiger partial charge in [-0.2, -0.15) is 5.10 Å². The second-order valence-corrected chi connectivity index (χ2v) is 7.10. The van der Waals surface area contributed by atoms with Gasteiger partial charge in [0.05, 0.1) is 17.9 Å². The number of morpholine rings is 1. The Kier molecular flexibility index (Phi) is 6.06. The fourth-order valence-electron chi connectivity index (χ4n) is 3.57. The van der Waals surface area contributed by atoms with Crippen molar-refractivity contribution in [2.24, 2.45) is 7.05 Å². The van der Waals surface area contributed by atoms with Gasteiger partial charge in [0.25, 0.3) is 0 Å².